The molecule has 0 radical (unpaired) electrons. The van der Waals surface area contributed by atoms with Gasteiger partial charge in [0.1, 0.15) is 11.4 Å². The van der Waals surface area contributed by atoms with Gasteiger partial charge in [-0.3, -0.25) is 9.78 Å². The van der Waals surface area contributed by atoms with E-state index in [0.29, 0.717) is 11.8 Å². The molecule has 1 atom stereocenters. The number of hydrogen-bond donors (Lipinski definition) is 4. The molecule has 1 aliphatic carbocycles. The Hall–Kier alpha value is -3.57. The number of aromatic amines is 1. The van der Waals surface area contributed by atoms with E-state index < -0.39 is 5.66 Å². The average Bonchev–Trinajstić information content (AvgIpc) is 3.56. The molecule has 1 unspecified atom stereocenters. The lowest BCUT2D eigenvalue weighted by molar-refractivity contribution is 0.122. The number of nitrogens with one attached hydrogen (secondary N) is 3. The zero-order valence-corrected chi connectivity index (χ0v) is 21.5. The predicted octanol–water partition coefficient (Wildman–Crippen LogP) is 3.24. The normalized spacial score (nSPS) is 22.2. The van der Waals surface area contributed by atoms with Crippen molar-refractivity contribution in [1.82, 2.24) is 20.0 Å². The van der Waals surface area contributed by atoms with Crippen molar-refractivity contribution in [3.8, 4) is 17.1 Å². The van der Waals surface area contributed by atoms with E-state index in [1.54, 1.807) is 13.3 Å². The fraction of sp³-hybridized carbons (Fsp3) is 0.500. The highest BCUT2D eigenvalue weighted by Gasteiger charge is 2.45. The number of aliphatic imine (C=N–C) groups is 1. The van der Waals surface area contributed by atoms with Crippen molar-refractivity contribution in [2.75, 3.05) is 48.9 Å². The van der Waals surface area contributed by atoms with Crippen LogP contribution in [0.15, 0.2) is 35.5 Å². The fourth-order valence-electron chi connectivity index (χ4n) is 5.83. The van der Waals surface area contributed by atoms with Crippen molar-refractivity contribution in [3.63, 3.8) is 0 Å². The Morgan fingerprint density at radius 2 is 1.97 bits per heavy atom. The van der Waals surface area contributed by atoms with Crippen molar-refractivity contribution in [2.45, 2.75) is 37.8 Å². The first-order valence-electron chi connectivity index (χ1n) is 13.1. The van der Waals surface area contributed by atoms with Gasteiger partial charge < -0.3 is 30.7 Å². The molecule has 0 bridgehead atoms. The largest absolute Gasteiger partial charge is 0.494 e. The zero-order valence-electron chi connectivity index (χ0n) is 21.5. The molecule has 3 aromatic rings. The molecule has 11 nitrogen and oxygen atoms in total. The molecular weight excluding hydrogens is 470 g/mol. The number of rotatable bonds is 5. The second-order valence-electron chi connectivity index (χ2n) is 10.0. The summed E-state index contributed by atoms with van der Waals surface area (Å²) < 4.78 is 13.1. The van der Waals surface area contributed by atoms with Gasteiger partial charge in [-0.05, 0) is 31.0 Å². The Labute approximate surface area is 216 Å². The summed E-state index contributed by atoms with van der Waals surface area (Å²) in [5.41, 5.74) is 10.9. The molecule has 1 saturated carbocycles. The molecule has 1 aromatic carbocycles. The van der Waals surface area contributed by atoms with Crippen molar-refractivity contribution >= 4 is 23.2 Å². The number of aryl methyl sites for hydroxylation is 1. The molecule has 2 aromatic heterocycles. The van der Waals surface area contributed by atoms with E-state index in [1.165, 1.54) is 6.42 Å². The number of anilines is 3. The molecule has 11 heteroatoms. The van der Waals surface area contributed by atoms with Gasteiger partial charge in [-0.1, -0.05) is 19.3 Å². The van der Waals surface area contributed by atoms with Crippen LogP contribution in [0.4, 0.5) is 17.2 Å². The summed E-state index contributed by atoms with van der Waals surface area (Å²) in [6.45, 7) is 3.19. The predicted molar refractivity (Wildman–Crippen MR) is 144 cm³/mol. The molecular formula is C26H35N9O2. The smallest absolute Gasteiger partial charge is 0.203 e. The molecule has 37 heavy (non-hydrogen) atoms. The maximum Gasteiger partial charge on any atom is 0.203 e. The molecule has 4 heterocycles. The Kier molecular flexibility index (Phi) is 6.25. The maximum absolute atomic E-state index is 7.28. The minimum atomic E-state index is -0.934. The number of nitrogens with zero attached hydrogens (tertiary/aromatic N) is 5. The lowest BCUT2D eigenvalue weighted by Gasteiger charge is -2.39. The monoisotopic (exact) mass is 505 g/mol. The highest BCUT2D eigenvalue weighted by Crippen LogP contribution is 2.46. The van der Waals surface area contributed by atoms with Gasteiger partial charge in [-0.2, -0.15) is 10.2 Å². The van der Waals surface area contributed by atoms with Gasteiger partial charge in [-0.25, -0.2) is 4.99 Å². The van der Waals surface area contributed by atoms with E-state index in [2.05, 4.69) is 36.9 Å². The van der Waals surface area contributed by atoms with Gasteiger partial charge in [-0.15, -0.1) is 0 Å². The molecule has 2 fully saturated rings. The minimum absolute atomic E-state index is 0.203. The van der Waals surface area contributed by atoms with Crippen LogP contribution in [0.2, 0.25) is 0 Å². The Morgan fingerprint density at radius 3 is 2.70 bits per heavy atom. The van der Waals surface area contributed by atoms with Crippen molar-refractivity contribution in [2.24, 2.45) is 23.7 Å². The van der Waals surface area contributed by atoms with E-state index in [1.807, 2.05) is 29.9 Å². The minimum Gasteiger partial charge on any atom is -0.494 e. The van der Waals surface area contributed by atoms with Crippen LogP contribution in [0.25, 0.3) is 11.4 Å². The van der Waals surface area contributed by atoms with Crippen LogP contribution in [0.5, 0.6) is 5.75 Å². The summed E-state index contributed by atoms with van der Waals surface area (Å²) in [4.78, 5) is 7.44. The van der Waals surface area contributed by atoms with E-state index in [4.69, 9.17) is 20.2 Å². The van der Waals surface area contributed by atoms with Gasteiger partial charge in [0, 0.05) is 44.0 Å². The van der Waals surface area contributed by atoms with Gasteiger partial charge in [0.2, 0.25) is 5.96 Å². The zero-order chi connectivity index (χ0) is 25.4. The summed E-state index contributed by atoms with van der Waals surface area (Å²) in [6.07, 6.45) is 7.38. The Balaban J connectivity index is 1.35. The van der Waals surface area contributed by atoms with Gasteiger partial charge in [0.25, 0.3) is 0 Å². The lowest BCUT2D eigenvalue weighted by atomic mass is 9.76. The number of fused-ring (bicyclic) bond motifs is 1. The third kappa shape index (κ3) is 4.31. The van der Waals surface area contributed by atoms with Gasteiger partial charge >= 0.3 is 0 Å². The maximum atomic E-state index is 7.28. The van der Waals surface area contributed by atoms with Crippen LogP contribution in [-0.2, 0) is 17.4 Å². The molecule has 0 spiro atoms. The van der Waals surface area contributed by atoms with Gasteiger partial charge in [0.05, 0.1) is 43.0 Å². The second-order valence-corrected chi connectivity index (χ2v) is 10.0. The number of guanidine groups is 1. The molecule has 6 rings (SSSR count). The fourth-order valence-corrected chi connectivity index (χ4v) is 5.83. The number of methoxy groups -OCH3 is 1. The van der Waals surface area contributed by atoms with Crippen LogP contribution < -0.4 is 26.0 Å². The lowest BCUT2D eigenvalue weighted by Crippen LogP contribution is -2.48. The van der Waals surface area contributed by atoms with Crippen molar-refractivity contribution in [3.05, 3.63) is 36.0 Å². The highest BCUT2D eigenvalue weighted by molar-refractivity contribution is 6.06. The van der Waals surface area contributed by atoms with Crippen LogP contribution in [0, 0.1) is 5.92 Å². The van der Waals surface area contributed by atoms with Crippen LogP contribution >= 0.6 is 0 Å². The van der Waals surface area contributed by atoms with Crippen molar-refractivity contribution < 1.29 is 9.47 Å². The number of ether oxygens (including phenoxy) is 2. The van der Waals surface area contributed by atoms with E-state index in [-0.39, 0.29) is 5.92 Å². The SMILES string of the molecule is COc1cc(N2CCOCC2)ccc1NC1=NC(N)(C2CCCCC2)c2c(n[nH]c2-c2ccnn2C)N1. The number of H-pyrrole nitrogens is 1. The van der Waals surface area contributed by atoms with Crippen molar-refractivity contribution in [1.29, 1.82) is 0 Å². The topological polar surface area (TPSA) is 131 Å². The second kappa shape index (κ2) is 9.71. The number of benzene rings is 1. The summed E-state index contributed by atoms with van der Waals surface area (Å²) in [5, 5.41) is 19.0. The number of morpholine rings is 1. The molecule has 3 aliphatic rings. The highest BCUT2D eigenvalue weighted by atomic mass is 16.5. The summed E-state index contributed by atoms with van der Waals surface area (Å²) in [7, 11) is 3.60. The average molecular weight is 506 g/mol. The molecule has 2 aliphatic heterocycles. The molecule has 0 amide bonds. The van der Waals surface area contributed by atoms with Crippen LogP contribution in [0.3, 0.4) is 0 Å². The first kappa shape index (κ1) is 23.8. The summed E-state index contributed by atoms with van der Waals surface area (Å²) in [6, 6.07) is 8.13. The summed E-state index contributed by atoms with van der Waals surface area (Å²) >= 11 is 0. The van der Waals surface area contributed by atoms with E-state index >= 15 is 0 Å². The van der Waals surface area contributed by atoms with Gasteiger partial charge in [0.15, 0.2) is 5.82 Å². The Bertz CT molecular complexity index is 1290. The Morgan fingerprint density at radius 1 is 1.16 bits per heavy atom. The first-order chi connectivity index (χ1) is 18.1. The summed E-state index contributed by atoms with van der Waals surface area (Å²) in [5.74, 6) is 2.18. The molecule has 196 valence electrons. The number of nitrogens with two attached hydrogens (primary N) is 1. The van der Waals surface area contributed by atoms with Crippen LogP contribution in [-0.4, -0.2) is 59.4 Å². The number of aromatic nitrogens is 4. The quantitative estimate of drug-likeness (QED) is 0.416. The van der Waals surface area contributed by atoms with Crippen LogP contribution in [0.1, 0.15) is 37.7 Å². The standard InChI is InChI=1S/C26H35N9O2/c1-34-20(10-11-28-34)23-22-24(33-32-23)30-25(31-26(22,27)17-6-4-3-5-7-17)29-19-9-8-18(16-21(19)36-2)35-12-14-37-15-13-35/h8-11,16-17H,3-7,12-15,27H2,1-2H3,(H3,29,30,31,32,33). The van der Waals surface area contributed by atoms with E-state index in [0.717, 1.165) is 86.1 Å². The third-order valence-corrected chi connectivity index (χ3v) is 7.82. The molecule has 1 saturated heterocycles. The number of hydrogen-bond acceptors (Lipinski definition) is 9. The molecule has 5 N–H and O–H groups in total. The first-order valence-corrected chi connectivity index (χ1v) is 13.1. The third-order valence-electron chi connectivity index (χ3n) is 7.82. The van der Waals surface area contributed by atoms with E-state index in [9.17, 15) is 0 Å².